The summed E-state index contributed by atoms with van der Waals surface area (Å²) in [5.41, 5.74) is 15.8. The minimum Gasteiger partial charge on any atom is -0.368 e. The molecule has 1 aliphatic heterocycles. The molecular formula is C43H42N8O6. The Morgan fingerprint density at radius 1 is 0.789 bits per heavy atom. The van der Waals surface area contributed by atoms with Crippen molar-refractivity contribution >= 4 is 29.7 Å². The number of primary amides is 1. The van der Waals surface area contributed by atoms with E-state index in [2.05, 4.69) is 10.3 Å². The highest BCUT2D eigenvalue weighted by Gasteiger charge is 2.53. The Balaban J connectivity index is 1.32. The second-order valence-corrected chi connectivity index (χ2v) is 13.5. The highest BCUT2D eigenvalue weighted by molar-refractivity contribution is 6.09. The molecule has 0 aliphatic carbocycles. The number of rotatable bonds is 16. The first kappa shape index (κ1) is 39.3. The predicted molar refractivity (Wildman–Crippen MR) is 213 cm³/mol. The van der Waals surface area contributed by atoms with E-state index in [1.165, 1.54) is 9.80 Å². The fourth-order valence-corrected chi connectivity index (χ4v) is 7.20. The molecule has 0 aromatic heterocycles. The topological polar surface area (TPSA) is 206 Å². The van der Waals surface area contributed by atoms with Crippen LogP contribution < -0.4 is 22.2 Å². The minimum atomic E-state index is -1.44. The number of guanidine groups is 1. The summed E-state index contributed by atoms with van der Waals surface area (Å²) >= 11 is 0. The summed E-state index contributed by atoms with van der Waals surface area (Å²) < 4.78 is 0. The number of hydrogen-bond acceptors (Lipinski definition) is 7. The number of benzene rings is 5. The SMILES string of the molecule is NC(=O)[C@@H](CCCN=C(N)N[N+](=O)[O-])N(Cc1cccc(CN2C(=O)NC(c3ccccc3)(c3ccccc3)C2=O)c1)C(=O)C(c1ccccc1)c1ccccc1. The normalized spacial score (nSPS) is 14.2. The highest BCUT2D eigenvalue weighted by atomic mass is 16.7. The van der Waals surface area contributed by atoms with Crippen LogP contribution in [0.1, 0.15) is 52.1 Å². The van der Waals surface area contributed by atoms with Gasteiger partial charge in [0.25, 0.3) is 11.9 Å². The van der Waals surface area contributed by atoms with E-state index >= 15 is 0 Å². The van der Waals surface area contributed by atoms with Crippen LogP contribution in [-0.2, 0) is 33.0 Å². The van der Waals surface area contributed by atoms with E-state index in [1.807, 2.05) is 97.1 Å². The van der Waals surface area contributed by atoms with Crippen LogP contribution in [0.3, 0.4) is 0 Å². The molecule has 14 heteroatoms. The van der Waals surface area contributed by atoms with Crippen molar-refractivity contribution in [2.75, 3.05) is 6.54 Å². The van der Waals surface area contributed by atoms with Gasteiger partial charge < -0.3 is 21.7 Å². The van der Waals surface area contributed by atoms with Crippen molar-refractivity contribution in [2.45, 2.75) is 43.4 Å². The molecule has 0 unspecified atom stereocenters. The van der Waals surface area contributed by atoms with Crippen LogP contribution in [0.15, 0.2) is 151 Å². The molecule has 6 rings (SSSR count). The third kappa shape index (κ3) is 8.97. The van der Waals surface area contributed by atoms with Crippen LogP contribution in [-0.4, -0.2) is 57.1 Å². The molecule has 290 valence electrons. The Kier molecular flexibility index (Phi) is 12.3. The van der Waals surface area contributed by atoms with E-state index in [4.69, 9.17) is 11.5 Å². The largest absolute Gasteiger partial charge is 0.368 e. The Labute approximate surface area is 329 Å². The van der Waals surface area contributed by atoms with Crippen LogP contribution in [0.4, 0.5) is 4.79 Å². The van der Waals surface area contributed by atoms with E-state index in [0.717, 1.165) is 0 Å². The van der Waals surface area contributed by atoms with Crippen molar-refractivity contribution < 1.29 is 24.2 Å². The molecule has 1 aliphatic rings. The molecule has 0 spiro atoms. The number of amides is 5. The molecule has 0 bridgehead atoms. The van der Waals surface area contributed by atoms with Crippen molar-refractivity contribution in [2.24, 2.45) is 16.5 Å². The van der Waals surface area contributed by atoms with E-state index in [1.54, 1.807) is 54.0 Å². The molecule has 5 aromatic rings. The highest BCUT2D eigenvalue weighted by Crippen LogP contribution is 2.37. The number of hydrogen-bond donors (Lipinski definition) is 4. The number of nitro groups is 1. The summed E-state index contributed by atoms with van der Waals surface area (Å²) in [5, 5.41) is 12.9. The first-order chi connectivity index (χ1) is 27.6. The number of nitrogens with one attached hydrogen (secondary N) is 2. The number of urea groups is 1. The maximum Gasteiger partial charge on any atom is 0.325 e. The number of imide groups is 1. The quantitative estimate of drug-likeness (QED) is 0.0279. The Bertz CT molecular complexity index is 2160. The summed E-state index contributed by atoms with van der Waals surface area (Å²) in [6.07, 6.45) is 0.297. The van der Waals surface area contributed by atoms with Gasteiger partial charge in [0, 0.05) is 13.1 Å². The predicted octanol–water partition coefficient (Wildman–Crippen LogP) is 4.57. The monoisotopic (exact) mass is 766 g/mol. The molecule has 1 saturated heterocycles. The average molecular weight is 767 g/mol. The summed E-state index contributed by atoms with van der Waals surface area (Å²) in [7, 11) is 0. The second kappa shape index (κ2) is 17.9. The van der Waals surface area contributed by atoms with Crippen LogP contribution >= 0.6 is 0 Å². The van der Waals surface area contributed by atoms with Gasteiger partial charge in [0.2, 0.25) is 11.8 Å². The Morgan fingerprint density at radius 3 is 1.84 bits per heavy atom. The molecule has 1 heterocycles. The van der Waals surface area contributed by atoms with Crippen LogP contribution in [0.2, 0.25) is 0 Å². The van der Waals surface area contributed by atoms with E-state index in [9.17, 15) is 29.3 Å². The Morgan fingerprint density at radius 2 is 1.32 bits per heavy atom. The zero-order valence-electron chi connectivity index (χ0n) is 30.9. The number of aliphatic imine (C=N–C) groups is 1. The van der Waals surface area contributed by atoms with Crippen LogP contribution in [0.5, 0.6) is 0 Å². The summed E-state index contributed by atoms with van der Waals surface area (Å²) in [6, 6.07) is 42.0. The maximum atomic E-state index is 14.9. The van der Waals surface area contributed by atoms with Gasteiger partial charge in [-0.3, -0.25) is 19.3 Å². The molecule has 0 radical (unpaired) electrons. The first-order valence-corrected chi connectivity index (χ1v) is 18.3. The zero-order valence-corrected chi connectivity index (χ0v) is 30.9. The lowest BCUT2D eigenvalue weighted by molar-refractivity contribution is -0.525. The molecule has 1 atom stereocenters. The lowest BCUT2D eigenvalue weighted by Crippen LogP contribution is -2.49. The van der Waals surface area contributed by atoms with Gasteiger partial charge in [-0.1, -0.05) is 151 Å². The molecule has 1 fully saturated rings. The number of carbonyl (C=O) groups excluding carboxylic acids is 4. The van der Waals surface area contributed by atoms with E-state index < -0.39 is 46.3 Å². The van der Waals surface area contributed by atoms with Gasteiger partial charge in [0.05, 0.1) is 12.5 Å². The van der Waals surface area contributed by atoms with Gasteiger partial charge in [-0.25, -0.2) is 19.9 Å². The van der Waals surface area contributed by atoms with Crippen molar-refractivity contribution in [3.05, 3.63) is 189 Å². The fraction of sp³-hybridized carbons (Fsp3) is 0.186. The number of nitrogens with zero attached hydrogens (tertiary/aromatic N) is 4. The van der Waals surface area contributed by atoms with Crippen LogP contribution in [0, 0.1) is 10.1 Å². The third-order valence-corrected chi connectivity index (χ3v) is 9.83. The number of hydrazine groups is 1. The van der Waals surface area contributed by atoms with Crippen molar-refractivity contribution in [1.82, 2.24) is 20.5 Å². The zero-order chi connectivity index (χ0) is 40.4. The van der Waals surface area contributed by atoms with Crippen molar-refractivity contribution in [3.8, 4) is 0 Å². The van der Waals surface area contributed by atoms with Gasteiger partial charge in [-0.2, -0.15) is 0 Å². The summed E-state index contributed by atoms with van der Waals surface area (Å²) in [5.74, 6) is -2.78. The van der Waals surface area contributed by atoms with Gasteiger partial charge in [-0.05, 0) is 46.2 Å². The standard InChI is InChI=1S/C43H42N8O6/c44-38(52)36(25-14-26-46-41(45)48-51(56)57)49(39(53)37(32-17-5-1-6-18-32)33-19-7-2-8-20-33)28-30-15-13-16-31(27-30)29-50-40(54)43(47-42(50)55,34-21-9-3-10-22-34)35-23-11-4-12-24-35/h1-13,15-24,27,36-37H,14,25-26,28-29H2,(H2,44,52)(H,47,55)(H3,45,46,48)/t36-/m1/s1. The Hall–Kier alpha value is -7.35. The number of nitrogens with two attached hydrogens (primary N) is 2. The first-order valence-electron chi connectivity index (χ1n) is 18.3. The maximum absolute atomic E-state index is 14.9. The summed E-state index contributed by atoms with van der Waals surface area (Å²) in [4.78, 5) is 73.6. The molecule has 5 amide bonds. The van der Waals surface area contributed by atoms with Crippen molar-refractivity contribution in [1.29, 1.82) is 0 Å². The van der Waals surface area contributed by atoms with E-state index in [-0.39, 0.29) is 38.4 Å². The number of carbonyl (C=O) groups is 4. The lowest BCUT2D eigenvalue weighted by atomic mass is 9.82. The molecular weight excluding hydrogens is 725 g/mol. The fourth-order valence-electron chi connectivity index (χ4n) is 7.20. The molecule has 57 heavy (non-hydrogen) atoms. The third-order valence-electron chi connectivity index (χ3n) is 9.83. The molecule has 6 N–H and O–H groups in total. The minimum absolute atomic E-state index is 0.0220. The van der Waals surface area contributed by atoms with Gasteiger partial charge >= 0.3 is 6.03 Å². The van der Waals surface area contributed by atoms with Gasteiger partial charge in [0.1, 0.15) is 6.04 Å². The van der Waals surface area contributed by atoms with Crippen LogP contribution in [0.25, 0.3) is 0 Å². The average Bonchev–Trinajstić information content (AvgIpc) is 3.47. The summed E-state index contributed by atoms with van der Waals surface area (Å²) in [6.45, 7) is -0.0988. The lowest BCUT2D eigenvalue weighted by Gasteiger charge is -2.33. The van der Waals surface area contributed by atoms with E-state index in [0.29, 0.717) is 33.4 Å². The van der Waals surface area contributed by atoms with Crippen molar-refractivity contribution in [3.63, 3.8) is 0 Å². The second-order valence-electron chi connectivity index (χ2n) is 13.5. The van der Waals surface area contributed by atoms with Gasteiger partial charge in [-0.15, -0.1) is 0 Å². The molecule has 5 aromatic carbocycles. The smallest absolute Gasteiger partial charge is 0.325 e. The molecule has 14 nitrogen and oxygen atoms in total. The van der Waals surface area contributed by atoms with Gasteiger partial charge in [0.15, 0.2) is 10.6 Å². The molecule has 0 saturated carbocycles.